The fourth-order valence-corrected chi connectivity index (χ4v) is 2.54. The number of pyridine rings is 1. The molecule has 1 heterocycles. The van der Waals surface area contributed by atoms with Crippen molar-refractivity contribution in [1.82, 2.24) is 10.3 Å². The van der Waals surface area contributed by atoms with E-state index < -0.39 is 5.91 Å². The lowest BCUT2D eigenvalue weighted by Crippen LogP contribution is -2.25. The van der Waals surface area contributed by atoms with Gasteiger partial charge in [0, 0.05) is 6.54 Å². The quantitative estimate of drug-likeness (QED) is 0.719. The zero-order valence-electron chi connectivity index (χ0n) is 15.3. The molecule has 1 aromatic heterocycles. The minimum absolute atomic E-state index is 0.0933. The largest absolute Gasteiger partial charge is 0.347 e. The number of carbonyl (C=O) groups excluding carboxylic acids is 2. The van der Waals surface area contributed by atoms with Crippen molar-refractivity contribution >= 4 is 17.5 Å². The van der Waals surface area contributed by atoms with Crippen LogP contribution in [-0.4, -0.2) is 16.8 Å². The Morgan fingerprint density at radius 1 is 0.929 bits per heavy atom. The van der Waals surface area contributed by atoms with Crippen molar-refractivity contribution < 1.29 is 9.59 Å². The van der Waals surface area contributed by atoms with Gasteiger partial charge >= 0.3 is 0 Å². The molecule has 0 atom stereocenters. The van der Waals surface area contributed by atoms with Gasteiger partial charge in [0.25, 0.3) is 11.8 Å². The van der Waals surface area contributed by atoms with Gasteiger partial charge in [0.15, 0.2) is 0 Å². The molecule has 6 heteroatoms. The Morgan fingerprint density at radius 2 is 1.61 bits per heavy atom. The number of benzene rings is 2. The summed E-state index contributed by atoms with van der Waals surface area (Å²) in [5.41, 5.74) is 3.10. The van der Waals surface area contributed by atoms with Crippen LogP contribution in [-0.2, 0) is 6.54 Å². The molecule has 0 spiro atoms. The molecule has 0 radical (unpaired) electrons. The second kappa shape index (κ2) is 8.60. The van der Waals surface area contributed by atoms with Crippen LogP contribution in [0.5, 0.6) is 0 Å². The van der Waals surface area contributed by atoms with Crippen LogP contribution >= 0.6 is 0 Å². The lowest BCUT2D eigenvalue weighted by Gasteiger charge is -2.08. The number of carbonyl (C=O) groups is 2. The Bertz CT molecular complexity index is 1050. The van der Waals surface area contributed by atoms with E-state index in [2.05, 4.69) is 15.6 Å². The van der Waals surface area contributed by atoms with E-state index in [1.54, 1.807) is 36.4 Å². The number of nitrogens with zero attached hydrogens (tertiary/aromatic N) is 2. The Labute approximate surface area is 162 Å². The van der Waals surface area contributed by atoms with Gasteiger partial charge in [0.2, 0.25) is 0 Å². The molecular formula is C22H18N4O2. The predicted molar refractivity (Wildman–Crippen MR) is 106 cm³/mol. The first kappa shape index (κ1) is 18.8. The molecular weight excluding hydrogens is 352 g/mol. The lowest BCUT2D eigenvalue weighted by atomic mass is 10.1. The molecule has 6 nitrogen and oxygen atoms in total. The molecule has 0 saturated carbocycles. The van der Waals surface area contributed by atoms with Crippen molar-refractivity contribution in [3.05, 3.63) is 94.8 Å². The Balaban J connectivity index is 1.69. The molecule has 0 aliphatic rings. The molecule has 0 aliphatic heterocycles. The predicted octanol–water partition coefficient (Wildman–Crippen LogP) is 3.44. The maximum atomic E-state index is 12.5. The molecule has 3 rings (SSSR count). The van der Waals surface area contributed by atoms with Crippen LogP contribution in [0.1, 0.15) is 37.7 Å². The summed E-state index contributed by atoms with van der Waals surface area (Å²) in [6, 6.07) is 21.2. The number of anilines is 1. The van der Waals surface area contributed by atoms with Crippen molar-refractivity contribution in [2.45, 2.75) is 13.5 Å². The van der Waals surface area contributed by atoms with E-state index in [0.717, 1.165) is 11.1 Å². The maximum absolute atomic E-state index is 12.5. The number of rotatable bonds is 5. The minimum Gasteiger partial charge on any atom is -0.347 e. The average Bonchev–Trinajstić information content (AvgIpc) is 2.73. The third-order valence-electron chi connectivity index (χ3n) is 4.08. The van der Waals surface area contributed by atoms with Gasteiger partial charge < -0.3 is 10.6 Å². The van der Waals surface area contributed by atoms with E-state index in [1.165, 1.54) is 6.07 Å². The summed E-state index contributed by atoms with van der Waals surface area (Å²) in [6.45, 7) is 2.37. The number of nitrogens with one attached hydrogen (secondary N) is 2. The first-order chi connectivity index (χ1) is 13.6. The molecule has 2 aromatic carbocycles. The van der Waals surface area contributed by atoms with Crippen molar-refractivity contribution in [3.63, 3.8) is 0 Å². The molecule has 0 fully saturated rings. The normalized spacial score (nSPS) is 10.0. The van der Waals surface area contributed by atoms with Crippen LogP contribution in [0.25, 0.3) is 0 Å². The fraction of sp³-hybridized carbons (Fsp3) is 0.0909. The van der Waals surface area contributed by atoms with Gasteiger partial charge in [-0.15, -0.1) is 0 Å². The molecule has 138 valence electrons. The average molecular weight is 370 g/mol. The number of para-hydroxylation sites is 1. The first-order valence-corrected chi connectivity index (χ1v) is 8.68. The Kier molecular flexibility index (Phi) is 5.78. The van der Waals surface area contributed by atoms with Crippen molar-refractivity contribution in [3.8, 4) is 6.07 Å². The van der Waals surface area contributed by atoms with Crippen LogP contribution < -0.4 is 10.6 Å². The summed E-state index contributed by atoms with van der Waals surface area (Å²) in [6.07, 6.45) is 0. The van der Waals surface area contributed by atoms with E-state index in [4.69, 9.17) is 5.26 Å². The lowest BCUT2D eigenvalue weighted by molar-refractivity contribution is 0.0945. The number of hydrogen-bond donors (Lipinski definition) is 2. The second-order valence-corrected chi connectivity index (χ2v) is 6.19. The van der Waals surface area contributed by atoms with Gasteiger partial charge in [0.05, 0.1) is 11.3 Å². The summed E-state index contributed by atoms with van der Waals surface area (Å²) < 4.78 is 0. The van der Waals surface area contributed by atoms with Gasteiger partial charge in [-0.1, -0.05) is 48.0 Å². The molecule has 0 saturated heterocycles. The van der Waals surface area contributed by atoms with E-state index in [9.17, 15) is 9.59 Å². The van der Waals surface area contributed by atoms with Gasteiger partial charge in [0.1, 0.15) is 17.5 Å². The smallest absolute Gasteiger partial charge is 0.274 e. The first-order valence-electron chi connectivity index (χ1n) is 8.68. The van der Waals surface area contributed by atoms with E-state index in [0.29, 0.717) is 17.8 Å². The van der Waals surface area contributed by atoms with Crippen LogP contribution in [0.3, 0.4) is 0 Å². The Morgan fingerprint density at radius 3 is 2.32 bits per heavy atom. The third kappa shape index (κ3) is 4.59. The highest BCUT2D eigenvalue weighted by Crippen LogP contribution is 2.14. The minimum atomic E-state index is -0.490. The van der Waals surface area contributed by atoms with Crippen LogP contribution in [0.4, 0.5) is 5.69 Å². The highest BCUT2D eigenvalue weighted by Gasteiger charge is 2.13. The topological polar surface area (TPSA) is 94.9 Å². The molecule has 3 aromatic rings. The van der Waals surface area contributed by atoms with Gasteiger partial charge in [-0.05, 0) is 36.8 Å². The standard InChI is InChI=1S/C22H18N4O2/c1-15-9-11-16(12-10-15)14-24-21(27)19-7-4-8-20(25-19)22(28)26-18-6-3-2-5-17(18)13-23/h2-12H,14H2,1H3,(H,24,27)(H,26,28). The van der Waals surface area contributed by atoms with Crippen molar-refractivity contribution in [1.29, 1.82) is 5.26 Å². The van der Waals surface area contributed by atoms with E-state index in [1.807, 2.05) is 37.3 Å². The fourth-order valence-electron chi connectivity index (χ4n) is 2.54. The summed E-state index contributed by atoms with van der Waals surface area (Å²) in [7, 11) is 0. The zero-order chi connectivity index (χ0) is 19.9. The van der Waals surface area contributed by atoms with Crippen LogP contribution in [0, 0.1) is 18.3 Å². The number of aromatic nitrogens is 1. The SMILES string of the molecule is Cc1ccc(CNC(=O)c2cccc(C(=O)Nc3ccccc3C#N)n2)cc1. The Hall–Kier alpha value is -3.98. The number of aryl methyl sites for hydroxylation is 1. The van der Waals surface area contributed by atoms with Gasteiger partial charge in [-0.2, -0.15) is 5.26 Å². The summed E-state index contributed by atoms with van der Waals surface area (Å²) in [5, 5.41) is 14.6. The monoisotopic (exact) mass is 370 g/mol. The van der Waals surface area contributed by atoms with Gasteiger partial charge in [-0.25, -0.2) is 4.98 Å². The molecule has 2 N–H and O–H groups in total. The van der Waals surface area contributed by atoms with Crippen LogP contribution in [0.2, 0.25) is 0 Å². The molecule has 2 amide bonds. The molecule has 28 heavy (non-hydrogen) atoms. The summed E-state index contributed by atoms with van der Waals surface area (Å²) in [4.78, 5) is 29.0. The van der Waals surface area contributed by atoms with E-state index >= 15 is 0 Å². The third-order valence-corrected chi connectivity index (χ3v) is 4.08. The number of hydrogen-bond acceptors (Lipinski definition) is 4. The maximum Gasteiger partial charge on any atom is 0.274 e. The molecule has 0 bridgehead atoms. The number of nitriles is 1. The van der Waals surface area contributed by atoms with Crippen LogP contribution in [0.15, 0.2) is 66.7 Å². The summed E-state index contributed by atoms with van der Waals surface area (Å²) in [5.74, 6) is -0.858. The molecule has 0 aliphatic carbocycles. The van der Waals surface area contributed by atoms with Crippen molar-refractivity contribution in [2.24, 2.45) is 0 Å². The highest BCUT2D eigenvalue weighted by molar-refractivity contribution is 6.04. The second-order valence-electron chi connectivity index (χ2n) is 6.19. The number of amides is 2. The van der Waals surface area contributed by atoms with E-state index in [-0.39, 0.29) is 17.3 Å². The highest BCUT2D eigenvalue weighted by atomic mass is 16.2. The molecule has 0 unspecified atom stereocenters. The zero-order valence-corrected chi connectivity index (χ0v) is 15.3. The van der Waals surface area contributed by atoms with Crippen molar-refractivity contribution in [2.75, 3.05) is 5.32 Å². The van der Waals surface area contributed by atoms with Gasteiger partial charge in [-0.3, -0.25) is 9.59 Å². The summed E-state index contributed by atoms with van der Waals surface area (Å²) >= 11 is 0.